The molecule has 5 nitrogen and oxygen atoms in total. The van der Waals surface area contributed by atoms with Gasteiger partial charge < -0.3 is 5.11 Å². The molecule has 0 saturated carbocycles. The van der Waals surface area contributed by atoms with Crippen LogP contribution in [0.25, 0.3) is 0 Å². The van der Waals surface area contributed by atoms with Crippen molar-refractivity contribution in [2.24, 2.45) is 0 Å². The van der Waals surface area contributed by atoms with Crippen LogP contribution in [0.15, 0.2) is 23.1 Å². The summed E-state index contributed by atoms with van der Waals surface area (Å²) < 4.78 is 38.8. The number of benzene rings is 1. The van der Waals surface area contributed by atoms with E-state index in [1.807, 2.05) is 6.26 Å². The van der Waals surface area contributed by atoms with E-state index in [-0.39, 0.29) is 12.1 Å². The molecule has 0 aliphatic rings. The largest absolute Gasteiger partial charge is 0.478 e. The van der Waals surface area contributed by atoms with E-state index in [9.17, 15) is 17.6 Å². The van der Waals surface area contributed by atoms with Crippen molar-refractivity contribution in [1.82, 2.24) is 4.31 Å². The number of carbonyl (C=O) groups is 1. The normalized spacial score (nSPS) is 11.8. The Morgan fingerprint density at radius 1 is 1.47 bits per heavy atom. The highest BCUT2D eigenvalue weighted by Gasteiger charge is 2.25. The van der Waals surface area contributed by atoms with Crippen molar-refractivity contribution in [1.29, 1.82) is 0 Å². The molecule has 106 valence electrons. The summed E-state index contributed by atoms with van der Waals surface area (Å²) in [5.74, 6) is -1.69. The monoisotopic (exact) mass is 307 g/mol. The molecule has 0 atom stereocenters. The zero-order chi connectivity index (χ0) is 14.6. The summed E-state index contributed by atoms with van der Waals surface area (Å²) in [6.07, 6.45) is 1.83. The number of halogens is 1. The summed E-state index contributed by atoms with van der Waals surface area (Å²) in [6, 6.07) is 2.71. The molecule has 1 N–H and O–H groups in total. The number of aromatic carboxylic acids is 1. The van der Waals surface area contributed by atoms with Crippen molar-refractivity contribution >= 4 is 27.8 Å². The molecule has 0 unspecified atom stereocenters. The predicted molar refractivity (Wildman–Crippen MR) is 71.6 cm³/mol. The van der Waals surface area contributed by atoms with Gasteiger partial charge in [0, 0.05) is 19.3 Å². The van der Waals surface area contributed by atoms with Crippen molar-refractivity contribution < 1.29 is 22.7 Å². The zero-order valence-electron chi connectivity index (χ0n) is 10.5. The summed E-state index contributed by atoms with van der Waals surface area (Å²) in [5, 5.41) is 8.81. The molecule has 0 aromatic heterocycles. The lowest BCUT2D eigenvalue weighted by Gasteiger charge is -2.17. The van der Waals surface area contributed by atoms with Crippen molar-refractivity contribution in [3.8, 4) is 0 Å². The van der Waals surface area contributed by atoms with Gasteiger partial charge in [0.25, 0.3) is 0 Å². The number of rotatable bonds is 6. The highest BCUT2D eigenvalue weighted by atomic mass is 32.2. The van der Waals surface area contributed by atoms with Gasteiger partial charge in [-0.15, -0.1) is 0 Å². The third kappa shape index (κ3) is 3.68. The Kier molecular flexibility index (Phi) is 5.33. The van der Waals surface area contributed by atoms with Gasteiger partial charge in [-0.1, -0.05) is 0 Å². The fraction of sp³-hybridized carbons (Fsp3) is 0.364. The maximum atomic E-state index is 13.6. The summed E-state index contributed by atoms with van der Waals surface area (Å²) in [6.45, 7) is 0.222. The van der Waals surface area contributed by atoms with E-state index in [1.165, 1.54) is 18.8 Å². The standard InChI is InChI=1S/C11H14FNO4S2/c1-13(5-6-18-2)19(16,17)10-7-8(11(14)15)3-4-9(10)12/h3-4,7H,5-6H2,1-2H3,(H,14,15). The van der Waals surface area contributed by atoms with Gasteiger partial charge in [-0.05, 0) is 24.5 Å². The van der Waals surface area contributed by atoms with Crippen LogP contribution < -0.4 is 0 Å². The lowest BCUT2D eigenvalue weighted by atomic mass is 10.2. The summed E-state index contributed by atoms with van der Waals surface area (Å²) in [4.78, 5) is 10.2. The van der Waals surface area contributed by atoms with Crippen LogP contribution in [0.5, 0.6) is 0 Å². The van der Waals surface area contributed by atoms with Crippen LogP contribution in [0.2, 0.25) is 0 Å². The molecule has 0 amide bonds. The van der Waals surface area contributed by atoms with E-state index in [1.54, 1.807) is 0 Å². The minimum Gasteiger partial charge on any atom is -0.478 e. The van der Waals surface area contributed by atoms with Crippen molar-refractivity contribution in [2.45, 2.75) is 4.90 Å². The fourth-order valence-corrected chi connectivity index (χ4v) is 3.17. The molecule has 8 heteroatoms. The third-order valence-corrected chi connectivity index (χ3v) is 4.94. The van der Waals surface area contributed by atoms with Gasteiger partial charge in [0.15, 0.2) is 0 Å². The highest BCUT2D eigenvalue weighted by Crippen LogP contribution is 2.20. The number of hydrogen-bond acceptors (Lipinski definition) is 4. The first-order chi connectivity index (χ1) is 8.80. The van der Waals surface area contributed by atoms with E-state index in [0.29, 0.717) is 5.75 Å². The van der Waals surface area contributed by atoms with Crippen LogP contribution in [-0.4, -0.2) is 49.4 Å². The Bertz CT molecular complexity index is 574. The van der Waals surface area contributed by atoms with Gasteiger partial charge in [0.1, 0.15) is 10.7 Å². The van der Waals surface area contributed by atoms with Gasteiger partial charge in [0.2, 0.25) is 10.0 Å². The van der Waals surface area contributed by atoms with E-state index >= 15 is 0 Å². The van der Waals surface area contributed by atoms with Gasteiger partial charge in [-0.2, -0.15) is 11.8 Å². The maximum Gasteiger partial charge on any atom is 0.335 e. The molecular formula is C11H14FNO4S2. The summed E-state index contributed by atoms with van der Waals surface area (Å²) in [5.41, 5.74) is -0.266. The van der Waals surface area contributed by atoms with Crippen molar-refractivity contribution in [2.75, 3.05) is 25.6 Å². The summed E-state index contributed by atoms with van der Waals surface area (Å²) >= 11 is 1.46. The molecule has 0 bridgehead atoms. The molecule has 0 aliphatic heterocycles. The van der Waals surface area contributed by atoms with Crippen LogP contribution in [0, 0.1) is 5.82 Å². The average Bonchev–Trinajstić information content (AvgIpc) is 2.35. The molecule has 0 fully saturated rings. The van der Waals surface area contributed by atoms with Crippen molar-refractivity contribution in [3.63, 3.8) is 0 Å². The van der Waals surface area contributed by atoms with Crippen LogP contribution in [0.3, 0.4) is 0 Å². The SMILES string of the molecule is CSCCN(C)S(=O)(=O)c1cc(C(=O)O)ccc1F. The first-order valence-corrected chi connectivity index (χ1v) is 8.12. The number of carboxylic acids is 1. The first kappa shape index (κ1) is 15.9. The van der Waals surface area contributed by atoms with Crippen LogP contribution in [-0.2, 0) is 10.0 Å². The molecule has 0 aliphatic carbocycles. The molecule has 0 radical (unpaired) electrons. The number of thioether (sulfide) groups is 1. The topological polar surface area (TPSA) is 74.7 Å². The van der Waals surface area contributed by atoms with Crippen LogP contribution >= 0.6 is 11.8 Å². The van der Waals surface area contributed by atoms with Gasteiger partial charge in [-0.25, -0.2) is 21.9 Å². The quantitative estimate of drug-likeness (QED) is 0.862. The third-order valence-electron chi connectivity index (χ3n) is 2.48. The summed E-state index contributed by atoms with van der Waals surface area (Å²) in [7, 11) is -2.68. The Balaban J connectivity index is 3.20. The van der Waals surface area contributed by atoms with Crippen LogP contribution in [0.4, 0.5) is 4.39 Å². The van der Waals surface area contributed by atoms with E-state index < -0.39 is 26.7 Å². The average molecular weight is 307 g/mol. The zero-order valence-corrected chi connectivity index (χ0v) is 12.1. The van der Waals surface area contributed by atoms with E-state index in [0.717, 1.165) is 22.5 Å². The molecule has 19 heavy (non-hydrogen) atoms. The number of sulfonamides is 1. The maximum absolute atomic E-state index is 13.6. The highest BCUT2D eigenvalue weighted by molar-refractivity contribution is 7.98. The molecule has 1 aromatic rings. The minimum absolute atomic E-state index is 0.222. The van der Waals surface area contributed by atoms with Gasteiger partial charge in [-0.3, -0.25) is 0 Å². The smallest absolute Gasteiger partial charge is 0.335 e. The lowest BCUT2D eigenvalue weighted by molar-refractivity contribution is 0.0696. The lowest BCUT2D eigenvalue weighted by Crippen LogP contribution is -2.30. The van der Waals surface area contributed by atoms with Gasteiger partial charge >= 0.3 is 5.97 Å². The Labute approximate surface area is 115 Å². The Morgan fingerprint density at radius 2 is 2.11 bits per heavy atom. The van der Waals surface area contributed by atoms with Gasteiger partial charge in [0.05, 0.1) is 5.56 Å². The molecule has 1 rings (SSSR count). The molecular weight excluding hydrogens is 293 g/mol. The number of carboxylic acid groups (broad SMARTS) is 1. The van der Waals surface area contributed by atoms with Crippen molar-refractivity contribution in [3.05, 3.63) is 29.6 Å². The fourth-order valence-electron chi connectivity index (χ4n) is 1.34. The second-order valence-corrected chi connectivity index (χ2v) is 6.77. The van der Waals surface area contributed by atoms with E-state index in [2.05, 4.69) is 0 Å². The molecule has 0 heterocycles. The second-order valence-electron chi connectivity index (χ2n) is 3.77. The number of hydrogen-bond donors (Lipinski definition) is 1. The predicted octanol–water partition coefficient (Wildman–Crippen LogP) is 1.51. The minimum atomic E-state index is -4.02. The molecule has 0 saturated heterocycles. The van der Waals surface area contributed by atoms with E-state index in [4.69, 9.17) is 5.11 Å². The number of nitrogens with zero attached hydrogens (tertiary/aromatic N) is 1. The second kappa shape index (κ2) is 6.36. The van der Waals surface area contributed by atoms with Crippen LogP contribution in [0.1, 0.15) is 10.4 Å². The molecule has 0 spiro atoms. The Morgan fingerprint density at radius 3 is 2.63 bits per heavy atom. The molecule has 1 aromatic carbocycles. The Hall–Kier alpha value is -1.12. The first-order valence-electron chi connectivity index (χ1n) is 5.29.